The number of halogens is 3. The van der Waals surface area contributed by atoms with Crippen LogP contribution >= 0.6 is 34.8 Å². The molecule has 0 amide bonds. The monoisotopic (exact) mass is 355 g/mol. The number of carbonyl (C=O) groups excluding carboxylic acids is 1. The van der Waals surface area contributed by atoms with E-state index in [0.29, 0.717) is 39.8 Å². The molecule has 4 nitrogen and oxygen atoms in total. The van der Waals surface area contributed by atoms with E-state index in [-0.39, 0.29) is 5.92 Å². The Morgan fingerprint density at radius 2 is 2.09 bits per heavy atom. The van der Waals surface area contributed by atoms with E-state index < -0.39 is 0 Å². The van der Waals surface area contributed by atoms with Crippen LogP contribution in [0.3, 0.4) is 0 Å². The van der Waals surface area contributed by atoms with Gasteiger partial charge in [-0.3, -0.25) is 0 Å². The average molecular weight is 357 g/mol. The number of aromatic nitrogens is 2. The smallest absolute Gasteiger partial charge is 0.141 e. The average Bonchev–Trinajstić information content (AvgIpc) is 2.78. The number of hydrogen-bond acceptors (Lipinski definition) is 4. The Bertz CT molecular complexity index is 751. The fourth-order valence-electron chi connectivity index (χ4n) is 2.71. The lowest BCUT2D eigenvalue weighted by Crippen LogP contribution is -2.17. The minimum atomic E-state index is -0.0488. The summed E-state index contributed by atoms with van der Waals surface area (Å²) < 4.78 is 0. The van der Waals surface area contributed by atoms with Crippen molar-refractivity contribution in [3.63, 3.8) is 0 Å². The summed E-state index contributed by atoms with van der Waals surface area (Å²) in [7, 11) is 0. The molecular weight excluding hydrogens is 345 g/mol. The van der Waals surface area contributed by atoms with Gasteiger partial charge in [-0.05, 0) is 25.1 Å². The molecule has 0 bridgehead atoms. The Kier molecular flexibility index (Phi) is 4.26. The number of fused-ring (bicyclic) bond motifs is 1. The predicted molar refractivity (Wildman–Crippen MR) is 88.7 cm³/mol. The van der Waals surface area contributed by atoms with Crippen molar-refractivity contribution < 1.29 is 4.79 Å². The summed E-state index contributed by atoms with van der Waals surface area (Å²) in [5, 5.41) is 1.48. The van der Waals surface area contributed by atoms with Crippen molar-refractivity contribution in [1.29, 1.82) is 0 Å². The molecule has 2 aromatic rings. The number of rotatable bonds is 3. The molecule has 3 rings (SSSR count). The predicted octanol–water partition coefficient (Wildman–Crippen LogP) is 4.57. The molecule has 7 heteroatoms. The van der Waals surface area contributed by atoms with Gasteiger partial charge in [0, 0.05) is 29.5 Å². The fourth-order valence-corrected chi connectivity index (χ4v) is 3.58. The number of aldehydes is 1. The molecule has 0 radical (unpaired) electrons. The SMILES string of the molecule is Cc1nc(Cl)c2c(n1)N(c1ccc(Cl)cc1Cl)CC2CC=O. The first kappa shape index (κ1) is 15.5. The van der Waals surface area contributed by atoms with E-state index in [4.69, 9.17) is 34.8 Å². The first-order valence-corrected chi connectivity index (χ1v) is 7.85. The van der Waals surface area contributed by atoms with Crippen LogP contribution in [0.5, 0.6) is 0 Å². The number of hydrogen-bond donors (Lipinski definition) is 0. The second-order valence-electron chi connectivity index (χ2n) is 5.10. The van der Waals surface area contributed by atoms with Crippen LogP contribution in [0, 0.1) is 6.92 Å². The van der Waals surface area contributed by atoms with Gasteiger partial charge < -0.3 is 9.69 Å². The Labute approximate surface area is 143 Å². The van der Waals surface area contributed by atoms with Crippen LogP contribution in [0.25, 0.3) is 0 Å². The highest BCUT2D eigenvalue weighted by atomic mass is 35.5. The summed E-state index contributed by atoms with van der Waals surface area (Å²) in [6.07, 6.45) is 1.25. The molecule has 1 aliphatic heterocycles. The van der Waals surface area contributed by atoms with Gasteiger partial charge in [0.15, 0.2) is 0 Å². The minimum absolute atomic E-state index is 0.0488. The summed E-state index contributed by atoms with van der Waals surface area (Å²) in [5.41, 5.74) is 1.58. The number of aryl methyl sites for hydroxylation is 1. The largest absolute Gasteiger partial charge is 0.324 e. The van der Waals surface area contributed by atoms with E-state index in [9.17, 15) is 4.79 Å². The quantitative estimate of drug-likeness (QED) is 0.597. The number of benzene rings is 1. The lowest BCUT2D eigenvalue weighted by Gasteiger charge is -2.20. The van der Waals surface area contributed by atoms with Crippen LogP contribution in [0.4, 0.5) is 11.5 Å². The molecule has 1 aromatic heterocycles. The molecule has 114 valence electrons. The zero-order valence-electron chi connectivity index (χ0n) is 11.7. The van der Waals surface area contributed by atoms with Crippen molar-refractivity contribution in [3.8, 4) is 0 Å². The second kappa shape index (κ2) is 6.03. The van der Waals surface area contributed by atoms with E-state index in [1.807, 2.05) is 11.0 Å². The Hall–Kier alpha value is -1.36. The van der Waals surface area contributed by atoms with Gasteiger partial charge in [-0.2, -0.15) is 0 Å². The Morgan fingerprint density at radius 1 is 1.32 bits per heavy atom. The highest BCUT2D eigenvalue weighted by Crippen LogP contribution is 2.45. The van der Waals surface area contributed by atoms with Crippen LogP contribution in [0.1, 0.15) is 23.7 Å². The summed E-state index contributed by atoms with van der Waals surface area (Å²) in [6, 6.07) is 5.29. The van der Waals surface area contributed by atoms with Crippen molar-refractivity contribution in [1.82, 2.24) is 9.97 Å². The van der Waals surface area contributed by atoms with Crippen LogP contribution < -0.4 is 4.90 Å². The zero-order valence-corrected chi connectivity index (χ0v) is 14.0. The van der Waals surface area contributed by atoms with Crippen molar-refractivity contribution in [3.05, 3.63) is 44.8 Å². The van der Waals surface area contributed by atoms with Gasteiger partial charge >= 0.3 is 0 Å². The summed E-state index contributed by atoms with van der Waals surface area (Å²) >= 11 is 18.5. The van der Waals surface area contributed by atoms with Gasteiger partial charge in [0.1, 0.15) is 23.1 Å². The third-order valence-electron chi connectivity index (χ3n) is 3.64. The summed E-state index contributed by atoms with van der Waals surface area (Å²) in [5.74, 6) is 1.23. The van der Waals surface area contributed by atoms with Gasteiger partial charge in [-0.15, -0.1) is 0 Å². The molecule has 0 fully saturated rings. The summed E-state index contributed by atoms with van der Waals surface area (Å²) in [4.78, 5) is 21.6. The van der Waals surface area contributed by atoms with Crippen LogP contribution in [0.2, 0.25) is 15.2 Å². The maximum atomic E-state index is 11.0. The van der Waals surface area contributed by atoms with Crippen LogP contribution in [0.15, 0.2) is 18.2 Å². The van der Waals surface area contributed by atoms with Crippen LogP contribution in [-0.2, 0) is 4.79 Å². The fraction of sp³-hybridized carbons (Fsp3) is 0.267. The molecule has 2 heterocycles. The van der Waals surface area contributed by atoms with E-state index in [1.54, 1.807) is 19.1 Å². The standard InChI is InChI=1S/C15H12Cl3N3O/c1-8-19-14(18)13-9(4-5-22)7-21(15(13)20-8)12-3-2-10(16)6-11(12)17/h2-3,5-6,9H,4,7H2,1H3. The molecule has 0 saturated heterocycles. The number of nitrogens with zero attached hydrogens (tertiary/aromatic N) is 3. The Balaban J connectivity index is 2.14. The molecule has 1 unspecified atom stereocenters. The topological polar surface area (TPSA) is 46.1 Å². The van der Waals surface area contributed by atoms with Gasteiger partial charge in [-0.1, -0.05) is 34.8 Å². The van der Waals surface area contributed by atoms with Crippen molar-refractivity contribution in [2.45, 2.75) is 19.3 Å². The first-order valence-electron chi connectivity index (χ1n) is 6.71. The van der Waals surface area contributed by atoms with Gasteiger partial charge in [0.05, 0.1) is 10.7 Å². The van der Waals surface area contributed by atoms with E-state index in [1.165, 1.54) is 0 Å². The molecule has 0 spiro atoms. The van der Waals surface area contributed by atoms with Crippen molar-refractivity contribution >= 4 is 52.6 Å². The molecule has 0 N–H and O–H groups in total. The maximum absolute atomic E-state index is 11.0. The van der Waals surface area contributed by atoms with E-state index in [2.05, 4.69) is 9.97 Å². The second-order valence-corrected chi connectivity index (χ2v) is 6.31. The van der Waals surface area contributed by atoms with Crippen molar-refractivity contribution in [2.24, 2.45) is 0 Å². The van der Waals surface area contributed by atoms with E-state index in [0.717, 1.165) is 17.5 Å². The van der Waals surface area contributed by atoms with Gasteiger partial charge in [0.2, 0.25) is 0 Å². The first-order chi connectivity index (χ1) is 10.5. The highest BCUT2D eigenvalue weighted by molar-refractivity contribution is 6.36. The summed E-state index contributed by atoms with van der Waals surface area (Å²) in [6.45, 7) is 2.36. The minimum Gasteiger partial charge on any atom is -0.324 e. The van der Waals surface area contributed by atoms with E-state index >= 15 is 0 Å². The molecule has 22 heavy (non-hydrogen) atoms. The molecule has 0 aliphatic carbocycles. The lowest BCUT2D eigenvalue weighted by atomic mass is 10.0. The normalized spacial score (nSPS) is 16.7. The lowest BCUT2D eigenvalue weighted by molar-refractivity contribution is -0.108. The molecular formula is C15H12Cl3N3O. The molecule has 1 aliphatic rings. The number of anilines is 2. The third kappa shape index (κ3) is 2.67. The molecule has 1 aromatic carbocycles. The van der Waals surface area contributed by atoms with Gasteiger partial charge in [-0.25, -0.2) is 9.97 Å². The number of carbonyl (C=O) groups is 1. The van der Waals surface area contributed by atoms with Crippen molar-refractivity contribution in [2.75, 3.05) is 11.4 Å². The van der Waals surface area contributed by atoms with Gasteiger partial charge in [0.25, 0.3) is 0 Å². The highest BCUT2D eigenvalue weighted by Gasteiger charge is 2.34. The zero-order chi connectivity index (χ0) is 15.9. The van der Waals surface area contributed by atoms with Crippen LogP contribution in [-0.4, -0.2) is 22.8 Å². The maximum Gasteiger partial charge on any atom is 0.141 e. The molecule has 0 saturated carbocycles. The Morgan fingerprint density at radius 3 is 2.77 bits per heavy atom. The molecule has 1 atom stereocenters. The third-order valence-corrected chi connectivity index (χ3v) is 4.46.